The third-order valence-corrected chi connectivity index (χ3v) is 7.03. The summed E-state index contributed by atoms with van der Waals surface area (Å²) in [6.07, 6.45) is 4.24. The Morgan fingerprint density at radius 3 is 2.62 bits per heavy atom. The van der Waals surface area contributed by atoms with Gasteiger partial charge in [-0.05, 0) is 43.2 Å². The summed E-state index contributed by atoms with van der Waals surface area (Å²) < 4.78 is 57.0. The van der Waals surface area contributed by atoms with E-state index in [0.717, 1.165) is 23.2 Å². The minimum Gasteiger partial charge on any atom is -0.343 e. The van der Waals surface area contributed by atoms with Gasteiger partial charge in [0, 0.05) is 23.3 Å². The summed E-state index contributed by atoms with van der Waals surface area (Å²) in [5, 5.41) is 8.11. The Balaban J connectivity index is 1.57. The second-order valence-corrected chi connectivity index (χ2v) is 9.33. The van der Waals surface area contributed by atoms with Crippen molar-refractivity contribution in [2.75, 3.05) is 4.72 Å². The molecule has 0 spiro atoms. The molecule has 0 aliphatic rings. The molecule has 3 N–H and O–H groups in total. The van der Waals surface area contributed by atoms with E-state index in [1.54, 1.807) is 30.6 Å². The standard InChI is InChI=1S/C23H18F2N6O2S/c1-12-15(6-7-17-21(12)29-30-22(17)23-26-8-9-27-23)16-4-3-5-18(20(16)25)31-34(32,33)19-10-14(24)11-28-13(19)2/h3-11,31H,1-2H3,(H,26,27)(H,29,30). The number of hydrogen-bond acceptors (Lipinski definition) is 5. The van der Waals surface area contributed by atoms with Crippen LogP contribution in [0.4, 0.5) is 14.5 Å². The maximum atomic E-state index is 15.5. The van der Waals surface area contributed by atoms with E-state index >= 15 is 4.39 Å². The van der Waals surface area contributed by atoms with Crippen LogP contribution >= 0.6 is 0 Å². The molecule has 34 heavy (non-hydrogen) atoms. The smallest absolute Gasteiger partial charge is 0.263 e. The number of aromatic nitrogens is 5. The van der Waals surface area contributed by atoms with Crippen molar-refractivity contribution < 1.29 is 17.2 Å². The van der Waals surface area contributed by atoms with Crippen LogP contribution in [0.5, 0.6) is 0 Å². The maximum Gasteiger partial charge on any atom is 0.263 e. The van der Waals surface area contributed by atoms with E-state index in [9.17, 15) is 12.8 Å². The molecule has 0 aliphatic carbocycles. The Kier molecular flexibility index (Phi) is 5.13. The molecule has 0 bridgehead atoms. The van der Waals surface area contributed by atoms with Crippen molar-refractivity contribution >= 4 is 26.6 Å². The summed E-state index contributed by atoms with van der Waals surface area (Å²) in [5.74, 6) is -0.970. The first-order valence-corrected chi connectivity index (χ1v) is 11.7. The van der Waals surface area contributed by atoms with Crippen LogP contribution in [0.2, 0.25) is 0 Å². The summed E-state index contributed by atoms with van der Waals surface area (Å²) in [6.45, 7) is 3.25. The average Bonchev–Trinajstić information content (AvgIpc) is 3.47. The number of imidazole rings is 1. The molecule has 2 aromatic carbocycles. The van der Waals surface area contributed by atoms with Crippen LogP contribution in [0.3, 0.4) is 0 Å². The highest BCUT2D eigenvalue weighted by Gasteiger charge is 2.23. The molecular formula is C23H18F2N6O2S. The van der Waals surface area contributed by atoms with Crippen molar-refractivity contribution in [2.24, 2.45) is 0 Å². The van der Waals surface area contributed by atoms with Crippen molar-refractivity contribution in [1.29, 1.82) is 0 Å². The van der Waals surface area contributed by atoms with Gasteiger partial charge >= 0.3 is 0 Å². The lowest BCUT2D eigenvalue weighted by Gasteiger charge is -2.14. The fourth-order valence-electron chi connectivity index (χ4n) is 3.87. The molecule has 8 nitrogen and oxygen atoms in total. The lowest BCUT2D eigenvalue weighted by atomic mass is 9.97. The zero-order valence-corrected chi connectivity index (χ0v) is 18.8. The number of fused-ring (bicyclic) bond motifs is 1. The monoisotopic (exact) mass is 480 g/mol. The molecule has 11 heteroatoms. The normalized spacial score (nSPS) is 11.8. The highest BCUT2D eigenvalue weighted by molar-refractivity contribution is 7.92. The van der Waals surface area contributed by atoms with Crippen LogP contribution in [-0.4, -0.2) is 33.6 Å². The van der Waals surface area contributed by atoms with Crippen molar-refractivity contribution in [1.82, 2.24) is 25.1 Å². The maximum absolute atomic E-state index is 15.5. The minimum absolute atomic E-state index is 0.0957. The molecule has 0 atom stereocenters. The first-order valence-electron chi connectivity index (χ1n) is 10.2. The number of rotatable bonds is 5. The number of halogens is 2. The lowest BCUT2D eigenvalue weighted by Crippen LogP contribution is -2.16. The fourth-order valence-corrected chi connectivity index (χ4v) is 5.14. The van der Waals surface area contributed by atoms with Crippen molar-refractivity contribution in [3.8, 4) is 22.6 Å². The Bertz CT molecular complexity index is 1650. The van der Waals surface area contributed by atoms with Gasteiger partial charge in [-0.3, -0.25) is 14.8 Å². The van der Waals surface area contributed by atoms with E-state index in [1.807, 2.05) is 6.92 Å². The second kappa shape index (κ2) is 8.03. The molecular weight excluding hydrogens is 462 g/mol. The number of hydrogen-bond donors (Lipinski definition) is 3. The molecule has 0 saturated carbocycles. The van der Waals surface area contributed by atoms with Crippen LogP contribution in [0, 0.1) is 25.5 Å². The van der Waals surface area contributed by atoms with Crippen molar-refractivity contribution in [2.45, 2.75) is 18.7 Å². The summed E-state index contributed by atoms with van der Waals surface area (Å²) >= 11 is 0. The number of nitrogens with one attached hydrogen (secondary N) is 3. The largest absolute Gasteiger partial charge is 0.343 e. The number of H-pyrrole nitrogens is 2. The molecule has 0 saturated heterocycles. The Hall–Kier alpha value is -4.12. The van der Waals surface area contributed by atoms with Crippen LogP contribution in [0.25, 0.3) is 33.5 Å². The highest BCUT2D eigenvalue weighted by Crippen LogP contribution is 2.36. The third-order valence-electron chi connectivity index (χ3n) is 5.55. The van der Waals surface area contributed by atoms with Crippen molar-refractivity contribution in [3.05, 3.63) is 77.9 Å². The number of aromatic amines is 2. The van der Waals surface area contributed by atoms with Gasteiger partial charge in [-0.1, -0.05) is 18.2 Å². The summed E-state index contributed by atoms with van der Waals surface area (Å²) in [5.41, 5.74) is 2.66. The lowest BCUT2D eigenvalue weighted by molar-refractivity contribution is 0.589. The van der Waals surface area contributed by atoms with E-state index in [0.29, 0.717) is 22.6 Å². The number of sulfonamides is 1. The molecule has 0 amide bonds. The van der Waals surface area contributed by atoms with E-state index in [2.05, 4.69) is 29.9 Å². The highest BCUT2D eigenvalue weighted by atomic mass is 32.2. The second-order valence-electron chi connectivity index (χ2n) is 7.68. The van der Waals surface area contributed by atoms with Gasteiger partial charge in [0.25, 0.3) is 10.0 Å². The van der Waals surface area contributed by atoms with Gasteiger partial charge in [-0.2, -0.15) is 5.10 Å². The van der Waals surface area contributed by atoms with Crippen molar-refractivity contribution in [3.63, 3.8) is 0 Å². The van der Waals surface area contributed by atoms with Gasteiger partial charge in [-0.25, -0.2) is 22.2 Å². The minimum atomic E-state index is -4.27. The number of benzene rings is 2. The van der Waals surface area contributed by atoms with Crippen LogP contribution in [0.15, 0.2) is 59.9 Å². The first-order chi connectivity index (χ1) is 16.3. The van der Waals surface area contributed by atoms with Gasteiger partial charge in [0.15, 0.2) is 11.6 Å². The molecule has 5 aromatic rings. The van der Waals surface area contributed by atoms with E-state index in [-0.39, 0.29) is 21.8 Å². The van der Waals surface area contributed by atoms with E-state index < -0.39 is 21.7 Å². The Morgan fingerprint density at radius 1 is 1.03 bits per heavy atom. The molecule has 5 rings (SSSR count). The zero-order chi connectivity index (χ0) is 24.0. The van der Waals surface area contributed by atoms with Crippen LogP contribution < -0.4 is 4.72 Å². The Labute approximate surface area is 193 Å². The average molecular weight is 481 g/mol. The summed E-state index contributed by atoms with van der Waals surface area (Å²) in [7, 11) is -4.27. The van der Waals surface area contributed by atoms with Gasteiger partial charge in [-0.15, -0.1) is 0 Å². The van der Waals surface area contributed by atoms with Gasteiger partial charge in [0.2, 0.25) is 0 Å². The molecule has 172 valence electrons. The summed E-state index contributed by atoms with van der Waals surface area (Å²) in [4.78, 5) is 10.6. The zero-order valence-electron chi connectivity index (χ0n) is 18.0. The van der Waals surface area contributed by atoms with Gasteiger partial charge in [0.1, 0.15) is 16.4 Å². The number of aryl methyl sites for hydroxylation is 2. The predicted octanol–water partition coefficient (Wildman–Crippen LogP) is 4.71. The molecule has 3 aromatic heterocycles. The number of anilines is 1. The van der Waals surface area contributed by atoms with E-state index in [1.165, 1.54) is 19.1 Å². The molecule has 0 radical (unpaired) electrons. The van der Waals surface area contributed by atoms with Gasteiger partial charge in [0.05, 0.1) is 23.1 Å². The van der Waals surface area contributed by atoms with Gasteiger partial charge < -0.3 is 4.98 Å². The number of pyridine rings is 1. The Morgan fingerprint density at radius 2 is 1.85 bits per heavy atom. The fraction of sp³-hybridized carbons (Fsp3) is 0.0870. The molecule has 3 heterocycles. The topological polar surface area (TPSA) is 116 Å². The first kappa shape index (κ1) is 21.7. The quantitative estimate of drug-likeness (QED) is 0.337. The SMILES string of the molecule is Cc1ncc(F)cc1S(=O)(=O)Nc1cccc(-c2ccc3c(-c4ncc[nH]4)n[nH]c3c2C)c1F. The predicted molar refractivity (Wildman–Crippen MR) is 124 cm³/mol. The van der Waals surface area contributed by atoms with Crippen LogP contribution in [0.1, 0.15) is 11.3 Å². The van der Waals surface area contributed by atoms with E-state index in [4.69, 9.17) is 0 Å². The van der Waals surface area contributed by atoms with Crippen LogP contribution in [-0.2, 0) is 10.0 Å². The summed E-state index contributed by atoms with van der Waals surface area (Å²) in [6, 6.07) is 8.79. The molecule has 0 fully saturated rings. The molecule has 0 aliphatic heterocycles. The third kappa shape index (κ3) is 3.59. The molecule has 0 unspecified atom stereocenters. The number of nitrogens with zero attached hydrogens (tertiary/aromatic N) is 3.